The van der Waals surface area contributed by atoms with E-state index >= 15 is 0 Å². The van der Waals surface area contributed by atoms with Crippen LogP contribution in [0.2, 0.25) is 0 Å². The first-order chi connectivity index (χ1) is 23.2. The van der Waals surface area contributed by atoms with Crippen LogP contribution in [0.4, 0.5) is 0 Å². The van der Waals surface area contributed by atoms with Crippen molar-refractivity contribution < 1.29 is 19.4 Å². The molecule has 1 unspecified atom stereocenters. The molecule has 4 heteroatoms. The molecule has 0 bridgehead atoms. The van der Waals surface area contributed by atoms with Gasteiger partial charge in [-0.2, -0.15) is 0 Å². The summed E-state index contributed by atoms with van der Waals surface area (Å²) in [4.78, 5) is 12.1. The van der Waals surface area contributed by atoms with E-state index < -0.39 is 6.10 Å². The smallest absolute Gasteiger partial charge is 0.310 e. The van der Waals surface area contributed by atoms with E-state index in [0.29, 0.717) is 6.61 Å². The minimum atomic E-state index is -0.629. The zero-order chi connectivity index (χ0) is 34.1. The van der Waals surface area contributed by atoms with Gasteiger partial charge in [-0.1, -0.05) is 148 Å². The molecule has 0 amide bonds. The number of esters is 1. The number of carbonyl (C=O) groups is 1. The topological polar surface area (TPSA) is 55.8 Å². The van der Waals surface area contributed by atoms with E-state index in [0.717, 1.165) is 83.5 Å². The van der Waals surface area contributed by atoms with E-state index in [-0.39, 0.29) is 25.6 Å². The lowest BCUT2D eigenvalue weighted by atomic mass is 10.2. The highest BCUT2D eigenvalue weighted by Crippen LogP contribution is 2.02. The zero-order valence-electron chi connectivity index (χ0n) is 29.5. The molecule has 0 saturated carbocycles. The first kappa shape index (κ1) is 43.5. The Morgan fingerprint density at radius 2 is 0.851 bits per heavy atom. The Labute approximate surface area is 288 Å². The van der Waals surface area contributed by atoms with Crippen LogP contribution in [0, 0.1) is 0 Å². The zero-order valence-corrected chi connectivity index (χ0v) is 29.5. The van der Waals surface area contributed by atoms with E-state index in [4.69, 9.17) is 9.47 Å². The van der Waals surface area contributed by atoms with Gasteiger partial charge in [0, 0.05) is 6.61 Å². The van der Waals surface area contributed by atoms with Crippen molar-refractivity contribution in [1.82, 2.24) is 0 Å². The molecule has 0 aromatic carbocycles. The third-order valence-corrected chi connectivity index (χ3v) is 6.50. The summed E-state index contributed by atoms with van der Waals surface area (Å²) in [7, 11) is 0. The van der Waals surface area contributed by atoms with Crippen molar-refractivity contribution in [2.24, 2.45) is 0 Å². The molecule has 260 valence electrons. The van der Waals surface area contributed by atoms with Crippen molar-refractivity contribution >= 4 is 5.97 Å². The number of aliphatic hydroxyl groups excluding tert-OH is 1. The molecule has 4 nitrogen and oxygen atoms in total. The molecule has 0 rings (SSSR count). The van der Waals surface area contributed by atoms with Crippen molar-refractivity contribution in [2.75, 3.05) is 19.8 Å². The van der Waals surface area contributed by atoms with Crippen molar-refractivity contribution in [1.29, 1.82) is 0 Å². The highest BCUT2D eigenvalue weighted by molar-refractivity contribution is 5.71. The predicted octanol–water partition coefficient (Wildman–Crippen LogP) is 11.5. The molecule has 0 aliphatic carbocycles. The fourth-order valence-corrected chi connectivity index (χ4v) is 3.95. The Hall–Kier alpha value is -3.47. The first-order valence-electron chi connectivity index (χ1n) is 17.8. The highest BCUT2D eigenvalue weighted by atomic mass is 16.6. The molecule has 0 radical (unpaired) electrons. The number of hydrogen-bond donors (Lipinski definition) is 1. The van der Waals surface area contributed by atoms with Gasteiger partial charge in [-0.25, -0.2) is 0 Å². The van der Waals surface area contributed by atoms with Crippen molar-refractivity contribution in [3.8, 4) is 0 Å². The Kier molecular flexibility index (Phi) is 35.9. The van der Waals surface area contributed by atoms with Crippen LogP contribution >= 0.6 is 0 Å². The molecule has 0 aliphatic heterocycles. The third-order valence-electron chi connectivity index (χ3n) is 6.50. The van der Waals surface area contributed by atoms with Gasteiger partial charge in [0.25, 0.3) is 0 Å². The highest BCUT2D eigenvalue weighted by Gasteiger charge is 2.12. The van der Waals surface area contributed by atoms with Gasteiger partial charge in [-0.05, 0) is 83.5 Å². The number of ether oxygens (including phenoxy) is 2. The summed E-state index contributed by atoms with van der Waals surface area (Å²) >= 11 is 0. The SMILES string of the molecule is CC/C=C\C/C=C\C/C=C\C/C=C\C/C=C\C/C=C\CCCOCC(CO)OC(=O)C/C=C\C/C=C\C/C=C\C/C=C\C/C=C\CC. The van der Waals surface area contributed by atoms with Crippen LogP contribution < -0.4 is 0 Å². The maximum Gasteiger partial charge on any atom is 0.310 e. The number of aliphatic hydroxyl groups is 1. The monoisotopic (exact) mass is 644 g/mol. The van der Waals surface area contributed by atoms with Gasteiger partial charge in [0.05, 0.1) is 19.6 Å². The van der Waals surface area contributed by atoms with Gasteiger partial charge < -0.3 is 14.6 Å². The van der Waals surface area contributed by atoms with E-state index in [1.807, 2.05) is 12.2 Å². The van der Waals surface area contributed by atoms with Crippen LogP contribution in [0.5, 0.6) is 0 Å². The van der Waals surface area contributed by atoms with Crippen LogP contribution in [0.25, 0.3) is 0 Å². The average Bonchev–Trinajstić information content (AvgIpc) is 3.08. The van der Waals surface area contributed by atoms with E-state index in [1.54, 1.807) is 0 Å². The van der Waals surface area contributed by atoms with Gasteiger partial charge in [0.2, 0.25) is 0 Å². The molecule has 0 aromatic rings. The Balaban J connectivity index is 3.77. The molecule has 0 spiro atoms. The summed E-state index contributed by atoms with van der Waals surface area (Å²) in [5.74, 6) is -0.355. The van der Waals surface area contributed by atoms with Crippen LogP contribution in [0.1, 0.15) is 104 Å². The summed E-state index contributed by atoms with van der Waals surface area (Å²) < 4.78 is 10.9. The van der Waals surface area contributed by atoms with Crippen molar-refractivity contribution in [2.45, 2.75) is 110 Å². The molecule has 0 aromatic heterocycles. The molecule has 0 fully saturated rings. The molecule has 1 N–H and O–H groups in total. The second-order valence-corrected chi connectivity index (χ2v) is 10.8. The Morgan fingerprint density at radius 3 is 1.21 bits per heavy atom. The lowest BCUT2D eigenvalue weighted by Gasteiger charge is -2.15. The number of unbranched alkanes of at least 4 members (excludes halogenated alkanes) is 1. The fourth-order valence-electron chi connectivity index (χ4n) is 3.95. The standard InChI is InChI=1S/C43H64O4/c1-3-5-7-9-11-13-15-17-19-20-21-22-23-25-27-29-31-33-35-37-39-46-41-42(40-44)47-43(45)38-36-34-32-30-28-26-24-18-16-14-12-10-8-6-4-2/h5-8,11-14,17-19,21-22,24-25,27-28,30-31,33-34,36,42,44H,3-4,9-10,15-16,20,23,26,29,32,35,37-41H2,1-2H3/b7-5-,8-6-,13-11-,14-12-,19-17-,22-21-,24-18-,27-25-,30-28-,33-31-,36-34-. The average molecular weight is 645 g/mol. The molecular weight excluding hydrogens is 580 g/mol. The number of carbonyl (C=O) groups excluding carboxylic acids is 1. The van der Waals surface area contributed by atoms with Gasteiger partial charge in [0.15, 0.2) is 0 Å². The maximum atomic E-state index is 12.1. The van der Waals surface area contributed by atoms with Crippen LogP contribution in [0.3, 0.4) is 0 Å². The number of allylic oxidation sites excluding steroid dienone is 21. The van der Waals surface area contributed by atoms with Gasteiger partial charge in [-0.15, -0.1) is 0 Å². The summed E-state index contributed by atoms with van der Waals surface area (Å²) in [6, 6.07) is 0. The molecule has 0 aliphatic rings. The van der Waals surface area contributed by atoms with Crippen molar-refractivity contribution in [3.05, 3.63) is 134 Å². The largest absolute Gasteiger partial charge is 0.457 e. The van der Waals surface area contributed by atoms with Gasteiger partial charge in [0.1, 0.15) is 6.10 Å². The number of rotatable bonds is 30. The van der Waals surface area contributed by atoms with Crippen molar-refractivity contribution in [3.63, 3.8) is 0 Å². The maximum absolute atomic E-state index is 12.1. The van der Waals surface area contributed by atoms with E-state index in [1.165, 1.54) is 0 Å². The quantitative estimate of drug-likeness (QED) is 0.0480. The van der Waals surface area contributed by atoms with Gasteiger partial charge in [-0.3, -0.25) is 4.79 Å². The Bertz CT molecular complexity index is 1030. The minimum absolute atomic E-state index is 0.187. The number of hydrogen-bond acceptors (Lipinski definition) is 4. The summed E-state index contributed by atoms with van der Waals surface area (Å²) in [5.41, 5.74) is 0. The molecule has 0 saturated heterocycles. The Morgan fingerprint density at radius 1 is 0.511 bits per heavy atom. The van der Waals surface area contributed by atoms with E-state index in [9.17, 15) is 9.90 Å². The summed E-state index contributed by atoms with van der Waals surface area (Å²) in [6.45, 7) is 4.82. The fraction of sp³-hybridized carbons (Fsp3) is 0.465. The molecule has 47 heavy (non-hydrogen) atoms. The lowest BCUT2D eigenvalue weighted by molar-refractivity contribution is -0.153. The second-order valence-electron chi connectivity index (χ2n) is 10.8. The normalized spacial score (nSPS) is 14.0. The van der Waals surface area contributed by atoms with Gasteiger partial charge >= 0.3 is 5.97 Å². The first-order valence-corrected chi connectivity index (χ1v) is 17.8. The molecule has 0 heterocycles. The summed E-state index contributed by atoms with van der Waals surface area (Å²) in [5, 5.41) is 9.53. The third kappa shape index (κ3) is 36.9. The minimum Gasteiger partial charge on any atom is -0.457 e. The molecule has 1 atom stereocenters. The van der Waals surface area contributed by atoms with Crippen LogP contribution in [-0.2, 0) is 14.3 Å². The van der Waals surface area contributed by atoms with Crippen LogP contribution in [-0.4, -0.2) is 37.0 Å². The summed E-state index contributed by atoms with van der Waals surface area (Å²) in [6.07, 6.45) is 59.5. The van der Waals surface area contributed by atoms with Crippen LogP contribution in [0.15, 0.2) is 134 Å². The second kappa shape index (κ2) is 38.7. The lowest BCUT2D eigenvalue weighted by Crippen LogP contribution is -2.27. The van der Waals surface area contributed by atoms with E-state index in [2.05, 4.69) is 135 Å². The predicted molar refractivity (Wildman–Crippen MR) is 204 cm³/mol. The molecular formula is C43H64O4.